The number of nitrogens with two attached hydrogens (primary N) is 1. The first-order valence-corrected chi connectivity index (χ1v) is 6.76. The number of hydrogen-bond acceptors (Lipinski definition) is 4. The summed E-state index contributed by atoms with van der Waals surface area (Å²) in [6.07, 6.45) is 3.92. The number of nitrogens with one attached hydrogen (secondary N) is 1. The molecule has 0 saturated heterocycles. The number of hydrogen-bond donors (Lipinski definition) is 2. The van der Waals surface area contributed by atoms with Crippen LogP contribution in [0.3, 0.4) is 0 Å². The number of fused-ring (bicyclic) bond motifs is 1. The number of para-hydroxylation sites is 1. The van der Waals surface area contributed by atoms with Gasteiger partial charge in [-0.05, 0) is 25.0 Å². The lowest BCUT2D eigenvalue weighted by molar-refractivity contribution is -0.120. The van der Waals surface area contributed by atoms with Gasteiger partial charge < -0.3 is 15.8 Å². The number of amides is 1. The molecule has 5 nitrogen and oxygen atoms in total. The molecular weight excluding hydrogens is 254 g/mol. The van der Waals surface area contributed by atoms with Gasteiger partial charge in [0.05, 0.1) is 0 Å². The Hall–Kier alpha value is -2.14. The van der Waals surface area contributed by atoms with Gasteiger partial charge in [0.1, 0.15) is 23.9 Å². The molecule has 1 aromatic heterocycles. The minimum Gasteiger partial charge on any atom is -0.489 e. The zero-order valence-electron chi connectivity index (χ0n) is 11.1. The molecule has 1 saturated carbocycles. The largest absolute Gasteiger partial charge is 0.489 e. The van der Waals surface area contributed by atoms with Gasteiger partial charge in [0.2, 0.25) is 5.91 Å². The van der Waals surface area contributed by atoms with Crippen LogP contribution >= 0.6 is 0 Å². The lowest BCUT2D eigenvalue weighted by atomic mass is 10.2. The standard InChI is InChI=1S/C15H17N3O2/c16-15(19)12(18-11-6-7-11)9-20-13-5-1-3-10-4-2-8-17-14(10)13/h1-5,8,11-12,18H,6-7,9H2,(H2,16,19). The van der Waals surface area contributed by atoms with E-state index in [0.717, 1.165) is 23.7 Å². The van der Waals surface area contributed by atoms with Crippen molar-refractivity contribution in [2.45, 2.75) is 24.9 Å². The summed E-state index contributed by atoms with van der Waals surface area (Å²) >= 11 is 0. The molecule has 20 heavy (non-hydrogen) atoms. The molecule has 1 fully saturated rings. The van der Waals surface area contributed by atoms with E-state index < -0.39 is 6.04 Å². The number of nitrogens with zero attached hydrogens (tertiary/aromatic N) is 1. The van der Waals surface area contributed by atoms with Crippen LogP contribution in [0.25, 0.3) is 10.9 Å². The molecule has 1 aromatic carbocycles. The van der Waals surface area contributed by atoms with Gasteiger partial charge in [-0.1, -0.05) is 18.2 Å². The van der Waals surface area contributed by atoms with Crippen LogP contribution < -0.4 is 15.8 Å². The van der Waals surface area contributed by atoms with Gasteiger partial charge in [-0.3, -0.25) is 9.78 Å². The van der Waals surface area contributed by atoms with Crippen molar-refractivity contribution in [1.82, 2.24) is 10.3 Å². The van der Waals surface area contributed by atoms with Crippen LogP contribution in [-0.4, -0.2) is 29.6 Å². The number of primary amides is 1. The molecule has 0 radical (unpaired) electrons. The minimum atomic E-state index is -0.457. The molecule has 2 aromatic rings. The summed E-state index contributed by atoms with van der Waals surface area (Å²) in [5.74, 6) is 0.289. The van der Waals surface area contributed by atoms with Crippen LogP contribution in [0.1, 0.15) is 12.8 Å². The van der Waals surface area contributed by atoms with Gasteiger partial charge in [-0.2, -0.15) is 0 Å². The van der Waals surface area contributed by atoms with Gasteiger partial charge in [0, 0.05) is 17.6 Å². The first-order chi connectivity index (χ1) is 9.74. The second-order valence-corrected chi connectivity index (χ2v) is 5.04. The van der Waals surface area contributed by atoms with Crippen molar-refractivity contribution >= 4 is 16.8 Å². The zero-order chi connectivity index (χ0) is 13.9. The third-order valence-corrected chi connectivity index (χ3v) is 3.36. The molecule has 0 bridgehead atoms. The Bertz CT molecular complexity index is 620. The summed E-state index contributed by atoms with van der Waals surface area (Å²) in [5, 5.41) is 4.20. The van der Waals surface area contributed by atoms with Crippen molar-refractivity contribution in [3.63, 3.8) is 0 Å². The van der Waals surface area contributed by atoms with E-state index in [2.05, 4.69) is 10.3 Å². The van der Waals surface area contributed by atoms with Crippen molar-refractivity contribution in [2.24, 2.45) is 5.73 Å². The van der Waals surface area contributed by atoms with Crippen molar-refractivity contribution in [2.75, 3.05) is 6.61 Å². The molecular formula is C15H17N3O2. The summed E-state index contributed by atoms with van der Waals surface area (Å²) < 4.78 is 5.75. The first kappa shape index (κ1) is 12.9. The number of pyridine rings is 1. The van der Waals surface area contributed by atoms with Crippen LogP contribution in [0.5, 0.6) is 5.75 Å². The molecule has 1 unspecified atom stereocenters. The van der Waals surface area contributed by atoms with Crippen LogP contribution in [0.4, 0.5) is 0 Å². The molecule has 3 N–H and O–H groups in total. The lowest BCUT2D eigenvalue weighted by Crippen LogP contribution is -2.46. The van der Waals surface area contributed by atoms with Gasteiger partial charge in [-0.15, -0.1) is 0 Å². The molecule has 3 rings (SSSR count). The highest BCUT2D eigenvalue weighted by atomic mass is 16.5. The topological polar surface area (TPSA) is 77.2 Å². The summed E-state index contributed by atoms with van der Waals surface area (Å²) in [6.45, 7) is 0.224. The van der Waals surface area contributed by atoms with Crippen LogP contribution in [0, 0.1) is 0 Å². The fourth-order valence-corrected chi connectivity index (χ4v) is 2.11. The molecule has 1 aliphatic carbocycles. The van der Waals surface area contributed by atoms with Gasteiger partial charge in [0.15, 0.2) is 0 Å². The normalized spacial score (nSPS) is 16.0. The third kappa shape index (κ3) is 2.88. The molecule has 1 aliphatic rings. The van der Waals surface area contributed by atoms with Crippen molar-refractivity contribution in [3.8, 4) is 5.75 Å². The maximum absolute atomic E-state index is 11.4. The lowest BCUT2D eigenvalue weighted by Gasteiger charge is -2.16. The van der Waals surface area contributed by atoms with E-state index in [-0.39, 0.29) is 12.5 Å². The minimum absolute atomic E-state index is 0.224. The Labute approximate surface area is 117 Å². The van der Waals surface area contributed by atoms with E-state index in [1.54, 1.807) is 6.20 Å². The second kappa shape index (κ2) is 5.46. The Morgan fingerprint density at radius 3 is 2.95 bits per heavy atom. The smallest absolute Gasteiger partial charge is 0.238 e. The summed E-state index contributed by atoms with van der Waals surface area (Å²) in [7, 11) is 0. The highest BCUT2D eigenvalue weighted by Crippen LogP contribution is 2.23. The SMILES string of the molecule is NC(=O)C(COc1cccc2cccnc12)NC1CC1. The van der Waals surface area contributed by atoms with E-state index in [4.69, 9.17) is 10.5 Å². The molecule has 104 valence electrons. The van der Waals surface area contributed by atoms with Crippen LogP contribution in [-0.2, 0) is 4.79 Å². The fourth-order valence-electron chi connectivity index (χ4n) is 2.11. The number of carbonyl (C=O) groups is 1. The molecule has 1 amide bonds. The monoisotopic (exact) mass is 271 g/mol. The highest BCUT2D eigenvalue weighted by molar-refractivity contribution is 5.84. The predicted molar refractivity (Wildman–Crippen MR) is 76.4 cm³/mol. The number of benzene rings is 1. The molecule has 1 heterocycles. The van der Waals surface area contributed by atoms with Crippen molar-refractivity contribution in [1.29, 1.82) is 0 Å². The number of carbonyl (C=O) groups excluding carboxylic acids is 1. The zero-order valence-corrected chi connectivity index (χ0v) is 11.1. The van der Waals surface area contributed by atoms with E-state index in [1.165, 1.54) is 0 Å². The summed E-state index contributed by atoms with van der Waals surface area (Å²) in [5.41, 5.74) is 6.19. The Kier molecular flexibility index (Phi) is 3.52. The quantitative estimate of drug-likeness (QED) is 0.828. The van der Waals surface area contributed by atoms with Crippen LogP contribution in [0.2, 0.25) is 0 Å². The third-order valence-electron chi connectivity index (χ3n) is 3.36. The summed E-state index contributed by atoms with van der Waals surface area (Å²) in [6, 6.07) is 9.54. The molecule has 0 aliphatic heterocycles. The van der Waals surface area contributed by atoms with Crippen molar-refractivity contribution < 1.29 is 9.53 Å². The van der Waals surface area contributed by atoms with Gasteiger partial charge in [0.25, 0.3) is 0 Å². The van der Waals surface area contributed by atoms with Gasteiger partial charge in [-0.25, -0.2) is 0 Å². The molecule has 0 spiro atoms. The average molecular weight is 271 g/mol. The Balaban J connectivity index is 1.73. The molecule has 5 heteroatoms. The number of rotatable bonds is 6. The Morgan fingerprint density at radius 2 is 2.20 bits per heavy atom. The van der Waals surface area contributed by atoms with E-state index in [1.807, 2.05) is 30.3 Å². The van der Waals surface area contributed by atoms with Crippen molar-refractivity contribution in [3.05, 3.63) is 36.5 Å². The molecule has 1 atom stereocenters. The maximum atomic E-state index is 11.4. The Morgan fingerprint density at radius 1 is 1.40 bits per heavy atom. The van der Waals surface area contributed by atoms with E-state index >= 15 is 0 Å². The van der Waals surface area contributed by atoms with Gasteiger partial charge >= 0.3 is 0 Å². The fraction of sp³-hybridized carbons (Fsp3) is 0.333. The maximum Gasteiger partial charge on any atom is 0.238 e. The summed E-state index contributed by atoms with van der Waals surface area (Å²) in [4.78, 5) is 15.7. The van der Waals surface area contributed by atoms with Crippen LogP contribution in [0.15, 0.2) is 36.5 Å². The highest BCUT2D eigenvalue weighted by Gasteiger charge is 2.27. The second-order valence-electron chi connectivity index (χ2n) is 5.04. The number of aromatic nitrogens is 1. The van der Waals surface area contributed by atoms with E-state index in [0.29, 0.717) is 11.8 Å². The average Bonchev–Trinajstić information content (AvgIpc) is 3.27. The predicted octanol–water partition coefficient (Wildman–Crippen LogP) is 1.22. The first-order valence-electron chi connectivity index (χ1n) is 6.76. The van der Waals surface area contributed by atoms with E-state index in [9.17, 15) is 4.79 Å². The number of ether oxygens (including phenoxy) is 1.